The van der Waals surface area contributed by atoms with E-state index in [0.29, 0.717) is 11.4 Å². The van der Waals surface area contributed by atoms with E-state index in [1.165, 1.54) is 12.8 Å². The van der Waals surface area contributed by atoms with E-state index in [1.807, 2.05) is 32.8 Å². The molecule has 2 N–H and O–H groups in total. The Balaban J connectivity index is 2.35. The van der Waals surface area contributed by atoms with Crippen LogP contribution in [0.15, 0.2) is 34.5 Å². The van der Waals surface area contributed by atoms with Crippen molar-refractivity contribution in [1.82, 2.24) is 0 Å². The summed E-state index contributed by atoms with van der Waals surface area (Å²) < 4.78 is 12.2. The van der Waals surface area contributed by atoms with E-state index in [1.54, 1.807) is 12.1 Å². The summed E-state index contributed by atoms with van der Waals surface area (Å²) in [7, 11) is 3.73. The highest BCUT2D eigenvalue weighted by Crippen LogP contribution is 2.43. The van der Waals surface area contributed by atoms with Crippen molar-refractivity contribution in [1.29, 1.82) is 0 Å². The SMILES string of the molecule is CCCCCC[C@H](C)Oc1cc([N+](=O)[O-])c(O)cc1N=Nc1cc(O[C@@H](C)CCCCCC)c(N(C)C)cc1O. The number of ether oxygens (including phenoxy) is 2. The molecule has 10 nitrogen and oxygen atoms in total. The summed E-state index contributed by atoms with van der Waals surface area (Å²) in [6, 6.07) is 5.51. The van der Waals surface area contributed by atoms with Gasteiger partial charge in [0.2, 0.25) is 0 Å². The zero-order valence-electron chi connectivity index (χ0n) is 24.9. The van der Waals surface area contributed by atoms with Gasteiger partial charge in [0.05, 0.1) is 28.9 Å². The van der Waals surface area contributed by atoms with Crippen LogP contribution in [-0.2, 0) is 0 Å². The normalized spacial score (nSPS) is 12.8. The second-order valence-corrected chi connectivity index (χ2v) is 10.5. The van der Waals surface area contributed by atoms with Crippen molar-refractivity contribution in [2.24, 2.45) is 10.2 Å². The molecule has 0 saturated carbocycles. The summed E-state index contributed by atoms with van der Waals surface area (Å²) in [5.41, 5.74) is 0.501. The van der Waals surface area contributed by atoms with Gasteiger partial charge in [-0.2, -0.15) is 0 Å². The molecule has 0 spiro atoms. The molecule has 0 radical (unpaired) electrons. The highest BCUT2D eigenvalue weighted by atomic mass is 16.6. The predicted molar refractivity (Wildman–Crippen MR) is 159 cm³/mol. The summed E-state index contributed by atoms with van der Waals surface area (Å²) in [5, 5.41) is 40.8. The van der Waals surface area contributed by atoms with E-state index in [4.69, 9.17) is 9.47 Å². The number of hydrogen-bond acceptors (Lipinski definition) is 9. The molecule has 0 aliphatic rings. The van der Waals surface area contributed by atoms with Crippen molar-refractivity contribution in [2.45, 2.75) is 104 Å². The van der Waals surface area contributed by atoms with Crippen LogP contribution in [0.3, 0.4) is 0 Å². The number of anilines is 1. The molecule has 0 aromatic heterocycles. The van der Waals surface area contributed by atoms with E-state index < -0.39 is 16.4 Å². The Morgan fingerprint density at radius 2 is 1.35 bits per heavy atom. The van der Waals surface area contributed by atoms with E-state index in [9.17, 15) is 20.3 Å². The van der Waals surface area contributed by atoms with Gasteiger partial charge in [-0.15, -0.1) is 10.2 Å². The third-order valence-electron chi connectivity index (χ3n) is 6.64. The minimum atomic E-state index is -0.673. The van der Waals surface area contributed by atoms with E-state index in [-0.39, 0.29) is 35.1 Å². The van der Waals surface area contributed by atoms with Gasteiger partial charge >= 0.3 is 5.69 Å². The molecule has 0 aliphatic heterocycles. The summed E-state index contributed by atoms with van der Waals surface area (Å²) in [6.45, 7) is 8.23. The Morgan fingerprint density at radius 3 is 1.88 bits per heavy atom. The smallest absolute Gasteiger partial charge is 0.314 e. The molecule has 2 aromatic carbocycles. The molecule has 2 atom stereocenters. The Hall–Kier alpha value is -3.56. The first-order chi connectivity index (χ1) is 19.1. The molecule has 2 aromatic rings. The number of aromatic hydroxyl groups is 2. The molecular formula is C30H46N4O6. The molecule has 40 heavy (non-hydrogen) atoms. The summed E-state index contributed by atoms with van der Waals surface area (Å²) in [4.78, 5) is 12.6. The number of phenols is 2. The van der Waals surface area contributed by atoms with Crippen LogP contribution in [0.5, 0.6) is 23.0 Å². The third-order valence-corrected chi connectivity index (χ3v) is 6.64. The third kappa shape index (κ3) is 10.2. The molecule has 10 heteroatoms. The number of nitro groups is 1. The van der Waals surface area contributed by atoms with Crippen LogP contribution >= 0.6 is 0 Å². The first-order valence-corrected chi connectivity index (χ1v) is 14.4. The number of unbranched alkanes of at least 4 members (excludes halogenated alkanes) is 6. The van der Waals surface area contributed by atoms with Crippen molar-refractivity contribution >= 4 is 22.7 Å². The van der Waals surface area contributed by atoms with Crippen molar-refractivity contribution in [3.05, 3.63) is 34.4 Å². The second kappa shape index (κ2) is 16.5. The first-order valence-electron chi connectivity index (χ1n) is 14.4. The lowest BCUT2D eigenvalue weighted by atomic mass is 10.1. The van der Waals surface area contributed by atoms with Crippen LogP contribution in [0, 0.1) is 10.1 Å². The molecular weight excluding hydrogens is 512 g/mol. The minimum Gasteiger partial charge on any atom is -0.506 e. The van der Waals surface area contributed by atoms with Gasteiger partial charge in [0.25, 0.3) is 0 Å². The van der Waals surface area contributed by atoms with Gasteiger partial charge in [0.15, 0.2) is 11.5 Å². The Morgan fingerprint density at radius 1 is 0.800 bits per heavy atom. The maximum absolute atomic E-state index is 11.4. The lowest BCUT2D eigenvalue weighted by molar-refractivity contribution is -0.385. The second-order valence-electron chi connectivity index (χ2n) is 10.5. The van der Waals surface area contributed by atoms with E-state index in [0.717, 1.165) is 63.5 Å². The molecule has 0 heterocycles. The fourth-order valence-electron chi connectivity index (χ4n) is 4.31. The highest BCUT2D eigenvalue weighted by molar-refractivity contribution is 5.69. The maximum atomic E-state index is 11.4. The Kier molecular flexibility index (Phi) is 13.5. The molecule has 0 bridgehead atoms. The number of nitro benzene ring substituents is 1. The number of rotatable bonds is 18. The van der Waals surface area contributed by atoms with Crippen molar-refractivity contribution in [3.8, 4) is 23.0 Å². The van der Waals surface area contributed by atoms with Gasteiger partial charge in [-0.05, 0) is 39.5 Å². The van der Waals surface area contributed by atoms with Gasteiger partial charge in [-0.25, -0.2) is 0 Å². The van der Waals surface area contributed by atoms with Gasteiger partial charge < -0.3 is 24.6 Å². The Labute approximate surface area is 238 Å². The minimum absolute atomic E-state index is 0.0321. The van der Waals surface area contributed by atoms with Crippen LogP contribution < -0.4 is 14.4 Å². The average molecular weight is 559 g/mol. The molecule has 0 amide bonds. The van der Waals surface area contributed by atoms with Crippen LogP contribution in [0.2, 0.25) is 0 Å². The van der Waals surface area contributed by atoms with Crippen LogP contribution in [0.25, 0.3) is 0 Å². The number of benzene rings is 2. The first kappa shape index (κ1) is 32.7. The largest absolute Gasteiger partial charge is 0.506 e. The topological polar surface area (TPSA) is 130 Å². The monoisotopic (exact) mass is 558 g/mol. The van der Waals surface area contributed by atoms with Gasteiger partial charge in [0, 0.05) is 32.3 Å². The maximum Gasteiger partial charge on any atom is 0.314 e. The van der Waals surface area contributed by atoms with Gasteiger partial charge in [0.1, 0.15) is 22.9 Å². The van der Waals surface area contributed by atoms with Crippen molar-refractivity contribution < 1.29 is 24.6 Å². The fraction of sp³-hybridized carbons (Fsp3) is 0.600. The van der Waals surface area contributed by atoms with Gasteiger partial charge in [-0.1, -0.05) is 52.4 Å². The molecule has 0 unspecified atom stereocenters. The van der Waals surface area contributed by atoms with Crippen molar-refractivity contribution in [3.63, 3.8) is 0 Å². The standard InChI is InChI=1S/C30H46N4O6/c1-7-9-11-13-15-21(3)39-29-20-25(34(37)38)28(36)17-24(29)32-31-23-18-30(26(33(5)6)19-27(23)35)40-22(4)16-14-12-10-8-2/h17-22,35-36H,7-16H2,1-6H3/t21-,22-/m0/s1. The van der Waals surface area contributed by atoms with Crippen molar-refractivity contribution in [2.75, 3.05) is 19.0 Å². The van der Waals surface area contributed by atoms with Crippen LogP contribution in [-0.4, -0.2) is 41.4 Å². The van der Waals surface area contributed by atoms with Gasteiger partial charge in [-0.3, -0.25) is 10.1 Å². The van der Waals surface area contributed by atoms with E-state index in [2.05, 4.69) is 24.1 Å². The predicted octanol–water partition coefficient (Wildman–Crippen LogP) is 8.96. The van der Waals surface area contributed by atoms with Crippen LogP contribution in [0.4, 0.5) is 22.7 Å². The zero-order chi connectivity index (χ0) is 29.7. The number of azo groups is 1. The lowest BCUT2D eigenvalue weighted by Crippen LogP contribution is -2.16. The summed E-state index contributed by atoms with van der Waals surface area (Å²) in [5.74, 6) is 0.0459. The number of phenolic OH excluding ortho intramolecular Hbond substituents is 2. The molecule has 0 fully saturated rings. The molecule has 0 aliphatic carbocycles. The lowest BCUT2D eigenvalue weighted by Gasteiger charge is -2.22. The zero-order valence-corrected chi connectivity index (χ0v) is 24.9. The molecule has 2 rings (SSSR count). The van der Waals surface area contributed by atoms with E-state index >= 15 is 0 Å². The highest BCUT2D eigenvalue weighted by Gasteiger charge is 2.21. The summed E-state index contributed by atoms with van der Waals surface area (Å²) >= 11 is 0. The van der Waals surface area contributed by atoms with Crippen LogP contribution in [0.1, 0.15) is 91.9 Å². The number of nitrogens with zero attached hydrogens (tertiary/aromatic N) is 4. The fourth-order valence-corrected chi connectivity index (χ4v) is 4.31. The Bertz CT molecular complexity index is 1120. The quantitative estimate of drug-likeness (QED) is 0.0808. The summed E-state index contributed by atoms with van der Waals surface area (Å²) in [6.07, 6.45) is 10.3. The number of hydrogen-bond donors (Lipinski definition) is 2. The average Bonchev–Trinajstić information content (AvgIpc) is 2.90. The molecule has 222 valence electrons. The molecule has 0 saturated heterocycles.